The van der Waals surface area contributed by atoms with Gasteiger partial charge in [0.15, 0.2) is 0 Å². The van der Waals surface area contributed by atoms with Crippen molar-refractivity contribution >= 4 is 11.7 Å². The fourth-order valence-electron chi connectivity index (χ4n) is 4.55. The monoisotopic (exact) mass is 397 g/mol. The number of benzene rings is 1. The van der Waals surface area contributed by atoms with Gasteiger partial charge in [0, 0.05) is 36.9 Å². The van der Waals surface area contributed by atoms with Crippen LogP contribution in [0.4, 0.5) is 10.2 Å². The number of piperazine rings is 1. The second-order valence-corrected chi connectivity index (χ2v) is 8.23. The van der Waals surface area contributed by atoms with Crippen LogP contribution in [0.15, 0.2) is 30.6 Å². The third kappa shape index (κ3) is 3.83. The first kappa shape index (κ1) is 19.8. The lowest BCUT2D eigenvalue weighted by Crippen LogP contribution is -2.57. The van der Waals surface area contributed by atoms with Gasteiger partial charge in [-0.1, -0.05) is 25.1 Å². The number of anilines is 1. The number of fused-ring (bicyclic) bond motifs is 1. The molecule has 0 radical (unpaired) electrons. The lowest BCUT2D eigenvalue weighted by Gasteiger charge is -2.42. The van der Waals surface area contributed by atoms with Gasteiger partial charge in [-0.15, -0.1) is 0 Å². The fourth-order valence-corrected chi connectivity index (χ4v) is 4.55. The standard InChI is InChI=1S/C22H28FN5O/c1-14-7-8-19-20(14)21(26-13-25-19)28-10-9-27(12-15(28)2)22(29)18(24)11-16-5-3-4-6-17(16)23/h3-6,13-15,18H,7-12,24H2,1-2H3/t14-,15+,18-/m1/s1. The molecule has 0 unspecified atom stereocenters. The van der Waals surface area contributed by atoms with Crippen LogP contribution < -0.4 is 10.6 Å². The summed E-state index contributed by atoms with van der Waals surface area (Å²) in [7, 11) is 0. The molecule has 7 heteroatoms. The molecule has 2 N–H and O–H groups in total. The van der Waals surface area contributed by atoms with E-state index in [1.54, 1.807) is 29.4 Å². The summed E-state index contributed by atoms with van der Waals surface area (Å²) in [6, 6.07) is 5.86. The molecule has 1 aliphatic carbocycles. The van der Waals surface area contributed by atoms with Gasteiger partial charge in [0.05, 0.1) is 6.04 Å². The SMILES string of the molecule is C[C@@H]1CCc2ncnc(N3CCN(C(=O)[C@H](N)Cc4ccccc4F)C[C@@H]3C)c21. The number of carbonyl (C=O) groups excluding carboxylic acids is 1. The first-order valence-corrected chi connectivity index (χ1v) is 10.3. The Kier molecular flexibility index (Phi) is 5.50. The highest BCUT2D eigenvalue weighted by molar-refractivity contribution is 5.82. The Balaban J connectivity index is 1.44. The highest BCUT2D eigenvalue weighted by Gasteiger charge is 2.33. The summed E-state index contributed by atoms with van der Waals surface area (Å²) in [5.41, 5.74) is 9.03. The molecule has 1 aromatic carbocycles. The van der Waals surface area contributed by atoms with Gasteiger partial charge < -0.3 is 15.5 Å². The van der Waals surface area contributed by atoms with Crippen LogP contribution in [0.1, 0.15) is 43.0 Å². The van der Waals surface area contributed by atoms with Crippen molar-refractivity contribution in [2.24, 2.45) is 5.73 Å². The molecule has 0 saturated carbocycles. The summed E-state index contributed by atoms with van der Waals surface area (Å²) in [4.78, 5) is 26.0. The first-order valence-electron chi connectivity index (χ1n) is 10.3. The molecule has 1 saturated heterocycles. The van der Waals surface area contributed by atoms with Gasteiger partial charge in [-0.3, -0.25) is 4.79 Å². The summed E-state index contributed by atoms with van der Waals surface area (Å²) in [5, 5.41) is 0. The Bertz CT molecular complexity index is 905. The summed E-state index contributed by atoms with van der Waals surface area (Å²) >= 11 is 0. The minimum atomic E-state index is -0.742. The number of aryl methyl sites for hydroxylation is 1. The van der Waals surface area contributed by atoms with Crippen molar-refractivity contribution in [3.63, 3.8) is 0 Å². The Morgan fingerprint density at radius 3 is 2.83 bits per heavy atom. The van der Waals surface area contributed by atoms with E-state index in [2.05, 4.69) is 28.7 Å². The van der Waals surface area contributed by atoms with E-state index in [1.165, 1.54) is 11.6 Å². The molecule has 1 aliphatic heterocycles. The maximum atomic E-state index is 13.9. The van der Waals surface area contributed by atoms with Gasteiger partial charge in [-0.25, -0.2) is 14.4 Å². The Morgan fingerprint density at radius 2 is 2.07 bits per heavy atom. The topological polar surface area (TPSA) is 75.4 Å². The van der Waals surface area contributed by atoms with Crippen LogP contribution >= 0.6 is 0 Å². The van der Waals surface area contributed by atoms with Gasteiger partial charge in [-0.2, -0.15) is 0 Å². The molecular formula is C22H28FN5O. The maximum Gasteiger partial charge on any atom is 0.239 e. The van der Waals surface area contributed by atoms with Gasteiger partial charge >= 0.3 is 0 Å². The highest BCUT2D eigenvalue weighted by Crippen LogP contribution is 2.38. The van der Waals surface area contributed by atoms with E-state index in [4.69, 9.17) is 5.73 Å². The van der Waals surface area contributed by atoms with Crippen molar-refractivity contribution in [3.05, 3.63) is 53.2 Å². The van der Waals surface area contributed by atoms with Crippen molar-refractivity contribution in [1.82, 2.24) is 14.9 Å². The van der Waals surface area contributed by atoms with Gasteiger partial charge in [0.1, 0.15) is 18.0 Å². The average Bonchev–Trinajstić information content (AvgIpc) is 3.10. The summed E-state index contributed by atoms with van der Waals surface area (Å²) in [6.45, 7) is 6.20. The lowest BCUT2D eigenvalue weighted by molar-refractivity contribution is -0.133. The number of carbonyl (C=O) groups is 1. The Labute approximate surface area is 170 Å². The summed E-state index contributed by atoms with van der Waals surface area (Å²) < 4.78 is 13.9. The van der Waals surface area contributed by atoms with Crippen LogP contribution in [-0.4, -0.2) is 52.5 Å². The zero-order valence-corrected chi connectivity index (χ0v) is 17.0. The minimum absolute atomic E-state index is 0.124. The largest absolute Gasteiger partial charge is 0.350 e. The Morgan fingerprint density at radius 1 is 1.28 bits per heavy atom. The van der Waals surface area contributed by atoms with Crippen molar-refractivity contribution in [2.45, 2.75) is 51.1 Å². The predicted molar refractivity (Wildman–Crippen MR) is 110 cm³/mol. The van der Waals surface area contributed by atoms with E-state index >= 15 is 0 Å². The van der Waals surface area contributed by atoms with Crippen LogP contribution in [0.5, 0.6) is 0 Å². The highest BCUT2D eigenvalue weighted by atomic mass is 19.1. The quantitative estimate of drug-likeness (QED) is 0.857. The number of rotatable bonds is 4. The van der Waals surface area contributed by atoms with Crippen LogP contribution in [0, 0.1) is 5.82 Å². The first-order chi connectivity index (χ1) is 14.0. The molecule has 0 bridgehead atoms. The predicted octanol–water partition coefficient (Wildman–Crippen LogP) is 2.27. The minimum Gasteiger partial charge on any atom is -0.350 e. The molecule has 2 aliphatic rings. The number of amides is 1. The smallest absolute Gasteiger partial charge is 0.239 e. The molecule has 4 rings (SSSR count). The van der Waals surface area contributed by atoms with Crippen molar-refractivity contribution in [2.75, 3.05) is 24.5 Å². The molecule has 6 nitrogen and oxygen atoms in total. The maximum absolute atomic E-state index is 13.9. The Hall–Kier alpha value is -2.54. The molecule has 2 aromatic rings. The van der Waals surface area contributed by atoms with Gasteiger partial charge in [-0.05, 0) is 43.7 Å². The lowest BCUT2D eigenvalue weighted by atomic mass is 10.0. The van der Waals surface area contributed by atoms with Gasteiger partial charge in [0.25, 0.3) is 0 Å². The van der Waals surface area contributed by atoms with Crippen LogP contribution in [0.3, 0.4) is 0 Å². The molecule has 29 heavy (non-hydrogen) atoms. The average molecular weight is 397 g/mol. The molecule has 3 atom stereocenters. The van der Waals surface area contributed by atoms with Crippen LogP contribution in [-0.2, 0) is 17.6 Å². The molecule has 1 aromatic heterocycles. The molecular weight excluding hydrogens is 369 g/mol. The van der Waals surface area contributed by atoms with Crippen LogP contribution in [0.2, 0.25) is 0 Å². The van der Waals surface area contributed by atoms with Crippen LogP contribution in [0.25, 0.3) is 0 Å². The third-order valence-electron chi connectivity index (χ3n) is 6.18. The van der Waals surface area contributed by atoms with E-state index in [9.17, 15) is 9.18 Å². The van der Waals surface area contributed by atoms with Crippen molar-refractivity contribution in [1.29, 1.82) is 0 Å². The third-order valence-corrected chi connectivity index (χ3v) is 6.18. The number of hydrogen-bond acceptors (Lipinski definition) is 5. The summed E-state index contributed by atoms with van der Waals surface area (Å²) in [6.07, 6.45) is 3.97. The molecule has 1 amide bonds. The normalized spacial score (nSPS) is 22.5. The van der Waals surface area contributed by atoms with E-state index in [-0.39, 0.29) is 24.2 Å². The molecule has 1 fully saturated rings. The zero-order chi connectivity index (χ0) is 20.5. The van der Waals surface area contributed by atoms with Gasteiger partial charge in [0.2, 0.25) is 5.91 Å². The zero-order valence-electron chi connectivity index (χ0n) is 17.0. The van der Waals surface area contributed by atoms with E-state index in [0.29, 0.717) is 31.1 Å². The number of nitrogens with two attached hydrogens (primary N) is 1. The number of nitrogens with zero attached hydrogens (tertiary/aromatic N) is 4. The number of halogens is 1. The van der Waals surface area contributed by atoms with Crippen molar-refractivity contribution < 1.29 is 9.18 Å². The summed E-state index contributed by atoms with van der Waals surface area (Å²) in [5.74, 6) is 1.03. The fraction of sp³-hybridized carbons (Fsp3) is 0.500. The molecule has 2 heterocycles. The second-order valence-electron chi connectivity index (χ2n) is 8.23. The number of aromatic nitrogens is 2. The van der Waals surface area contributed by atoms with E-state index < -0.39 is 6.04 Å². The molecule has 0 spiro atoms. The van der Waals surface area contributed by atoms with E-state index in [1.807, 2.05) is 0 Å². The van der Waals surface area contributed by atoms with Crippen molar-refractivity contribution in [3.8, 4) is 0 Å². The molecule has 154 valence electrons. The number of hydrogen-bond donors (Lipinski definition) is 1. The van der Waals surface area contributed by atoms with E-state index in [0.717, 1.165) is 24.4 Å². The second kappa shape index (κ2) is 8.06.